The predicted octanol–water partition coefficient (Wildman–Crippen LogP) is 8.05. The van der Waals surface area contributed by atoms with Gasteiger partial charge >= 0.3 is 5.97 Å². The number of anilines is 1. The Kier molecular flexibility index (Phi) is 10.6. The van der Waals surface area contributed by atoms with Crippen molar-refractivity contribution in [3.63, 3.8) is 0 Å². The number of aliphatic imine (C=N–C) groups is 1. The molecule has 4 heterocycles. The van der Waals surface area contributed by atoms with Crippen LogP contribution in [0.4, 0.5) is 14.5 Å². The molecule has 308 valence electrons. The fourth-order valence-electron chi connectivity index (χ4n) is 7.38. The zero-order valence-corrected chi connectivity index (χ0v) is 35.0. The molecule has 17 heteroatoms. The van der Waals surface area contributed by atoms with Crippen molar-refractivity contribution in [3.05, 3.63) is 146 Å². The first kappa shape index (κ1) is 40.7. The van der Waals surface area contributed by atoms with E-state index in [-0.39, 0.29) is 29.1 Å². The van der Waals surface area contributed by atoms with Crippen LogP contribution in [0.15, 0.2) is 88.9 Å². The molecule has 7 aromatic rings. The van der Waals surface area contributed by atoms with E-state index in [1.165, 1.54) is 37.6 Å². The summed E-state index contributed by atoms with van der Waals surface area (Å²) >= 11 is 1.56. The third-order valence-electron chi connectivity index (χ3n) is 10.7. The van der Waals surface area contributed by atoms with Crippen LogP contribution in [0.3, 0.4) is 0 Å². The molecule has 0 unspecified atom stereocenters. The molecule has 0 spiro atoms. The Morgan fingerprint density at radius 3 is 2.39 bits per heavy atom. The number of hydrogen-bond donors (Lipinski definition) is 3. The Bertz CT molecular complexity index is 3110. The number of aromatic amines is 1. The summed E-state index contributed by atoms with van der Waals surface area (Å²) < 4.78 is 67.2. The zero-order valence-electron chi connectivity index (χ0n) is 33.3. The number of carbonyl (C=O) groups is 2. The van der Waals surface area contributed by atoms with Gasteiger partial charge in [0.15, 0.2) is 5.82 Å². The number of hydrogen-bond acceptors (Lipinski definition) is 10. The number of sulfonamides is 1. The molecule has 0 radical (unpaired) electrons. The number of aromatic nitrogens is 4. The van der Waals surface area contributed by atoms with Gasteiger partial charge in [0, 0.05) is 39.7 Å². The molecule has 1 aliphatic rings. The lowest BCUT2D eigenvalue weighted by Gasteiger charge is -2.13. The highest BCUT2D eigenvalue weighted by atomic mass is 32.2. The molecule has 1 amide bonds. The van der Waals surface area contributed by atoms with Gasteiger partial charge in [0.1, 0.15) is 34.6 Å². The van der Waals surface area contributed by atoms with Gasteiger partial charge in [0.05, 0.1) is 46.5 Å². The molecule has 0 saturated heterocycles. The van der Waals surface area contributed by atoms with Crippen LogP contribution in [0.5, 0.6) is 0 Å². The fourth-order valence-corrected chi connectivity index (χ4v) is 9.66. The molecule has 3 aromatic heterocycles. The van der Waals surface area contributed by atoms with Crippen LogP contribution in [0.2, 0.25) is 0 Å². The van der Waals surface area contributed by atoms with E-state index in [0.717, 1.165) is 38.7 Å². The Balaban J connectivity index is 0.983. The van der Waals surface area contributed by atoms with Crippen molar-refractivity contribution in [1.29, 1.82) is 5.26 Å². The Morgan fingerprint density at radius 2 is 1.69 bits per heavy atom. The number of carbonyl (C=O) groups excluding carboxylic acids is 2. The first-order valence-corrected chi connectivity index (χ1v) is 21.2. The molecule has 1 aliphatic heterocycles. The van der Waals surface area contributed by atoms with Gasteiger partial charge in [0.25, 0.3) is 15.9 Å². The summed E-state index contributed by atoms with van der Waals surface area (Å²) in [5.74, 6) is -1.94. The van der Waals surface area contributed by atoms with Crippen LogP contribution in [0.25, 0.3) is 27.0 Å². The second-order valence-corrected chi connectivity index (χ2v) is 17.4. The first-order valence-electron chi connectivity index (χ1n) is 18.9. The van der Waals surface area contributed by atoms with Crippen LogP contribution in [-0.2, 0) is 26.1 Å². The van der Waals surface area contributed by atoms with Crippen molar-refractivity contribution in [2.75, 3.05) is 11.8 Å². The Morgan fingerprint density at radius 1 is 0.967 bits per heavy atom. The average molecular weight is 859 g/mol. The lowest BCUT2D eigenvalue weighted by Crippen LogP contribution is -2.24. The first-order chi connectivity index (χ1) is 29.2. The van der Waals surface area contributed by atoms with E-state index in [2.05, 4.69) is 31.3 Å². The van der Waals surface area contributed by atoms with E-state index in [9.17, 15) is 23.3 Å². The van der Waals surface area contributed by atoms with E-state index < -0.39 is 45.1 Å². The van der Waals surface area contributed by atoms with E-state index in [1.54, 1.807) is 47.7 Å². The second kappa shape index (κ2) is 15.9. The van der Waals surface area contributed by atoms with Gasteiger partial charge in [-0.3, -0.25) is 23.9 Å². The molecule has 1 atom stereocenters. The van der Waals surface area contributed by atoms with Crippen molar-refractivity contribution >= 4 is 55.5 Å². The van der Waals surface area contributed by atoms with Crippen molar-refractivity contribution in [2.24, 2.45) is 4.99 Å². The van der Waals surface area contributed by atoms with Crippen molar-refractivity contribution in [2.45, 2.75) is 51.6 Å². The summed E-state index contributed by atoms with van der Waals surface area (Å²) in [5.41, 5.74) is 5.39. The highest BCUT2D eigenvalue weighted by Crippen LogP contribution is 2.40. The molecular weight excluding hydrogens is 823 g/mol. The molecule has 3 N–H and O–H groups in total. The fraction of sp³-hybridized carbons (Fsp3) is 0.182. The molecule has 0 saturated carbocycles. The number of nitriles is 1. The third kappa shape index (κ3) is 7.44. The zero-order chi connectivity index (χ0) is 43.3. The van der Waals surface area contributed by atoms with Gasteiger partial charge < -0.3 is 15.0 Å². The highest BCUT2D eigenvalue weighted by Gasteiger charge is 2.33. The number of aryl methyl sites for hydroxylation is 3. The maximum absolute atomic E-state index is 15.7. The van der Waals surface area contributed by atoms with E-state index in [0.29, 0.717) is 50.5 Å². The Labute approximate surface area is 352 Å². The number of nitrogens with zero attached hydrogens (tertiary/aromatic N) is 5. The summed E-state index contributed by atoms with van der Waals surface area (Å²) in [5, 5.41) is 22.1. The van der Waals surface area contributed by atoms with Gasteiger partial charge in [-0.1, -0.05) is 42.5 Å². The number of benzene rings is 4. The minimum Gasteiger partial charge on any atom is -0.469 e. The van der Waals surface area contributed by atoms with Gasteiger partial charge in [-0.25, -0.2) is 17.2 Å². The highest BCUT2D eigenvalue weighted by molar-refractivity contribution is 7.92. The monoisotopic (exact) mass is 858 g/mol. The quantitative estimate of drug-likeness (QED) is 0.115. The van der Waals surface area contributed by atoms with Gasteiger partial charge in [0.2, 0.25) is 0 Å². The number of nitrogens with one attached hydrogen (secondary N) is 3. The van der Waals surface area contributed by atoms with Crippen LogP contribution in [0, 0.1) is 50.7 Å². The maximum Gasteiger partial charge on any atom is 0.308 e. The molecule has 0 aliphatic carbocycles. The number of thiophene rings is 1. The lowest BCUT2D eigenvalue weighted by molar-refractivity contribution is -0.141. The summed E-state index contributed by atoms with van der Waals surface area (Å²) in [7, 11) is -2.73. The summed E-state index contributed by atoms with van der Waals surface area (Å²) in [4.78, 5) is 34.6. The normalized spacial score (nSPS) is 13.5. The molecule has 8 rings (SSSR count). The number of esters is 1. The Hall–Kier alpha value is -7.03. The van der Waals surface area contributed by atoms with Crippen molar-refractivity contribution in [1.82, 2.24) is 25.1 Å². The molecule has 13 nitrogen and oxygen atoms in total. The number of rotatable bonds is 10. The summed E-state index contributed by atoms with van der Waals surface area (Å²) in [6.45, 7) is 7.56. The van der Waals surface area contributed by atoms with E-state index >= 15 is 8.78 Å². The molecule has 4 aromatic carbocycles. The summed E-state index contributed by atoms with van der Waals surface area (Å²) in [6, 6.07) is 19.0. The average Bonchev–Trinajstić information content (AvgIpc) is 3.92. The second-order valence-electron chi connectivity index (χ2n) is 14.5. The number of fused-ring (bicyclic) bond motifs is 4. The lowest BCUT2D eigenvalue weighted by atomic mass is 9.96. The van der Waals surface area contributed by atoms with Crippen LogP contribution in [-0.4, -0.2) is 52.9 Å². The van der Waals surface area contributed by atoms with E-state index in [4.69, 9.17) is 9.73 Å². The van der Waals surface area contributed by atoms with Crippen molar-refractivity contribution < 1.29 is 31.5 Å². The SMILES string of the molecule is COC(=O)C[C@@H]1N=C(c2ccc(-c3cc(F)c(C(=O)NCc4ccc(S(=O)(=O)Nc5ccc(C)c6c(C#N)c[nH]c56)cc4)cc3F)cc2)c2c(sc(C)c2C)-n2c(C)nnc21. The topological polar surface area (TPSA) is 184 Å². The van der Waals surface area contributed by atoms with Gasteiger partial charge in [-0.15, -0.1) is 21.5 Å². The van der Waals surface area contributed by atoms with Gasteiger partial charge in [-0.05, 0) is 80.3 Å². The van der Waals surface area contributed by atoms with Crippen LogP contribution >= 0.6 is 11.3 Å². The number of methoxy groups -OCH3 is 1. The standard InChI is InChI=1S/C44H36F2N8O5S2/c1-22-6-15-35(41-38(22)29(19-47)21-48-41)53-61(57,58)30-13-7-26(8-14-30)20-49-43(56)32-17-33(45)31(16-34(32)46)27-9-11-28(12-10-27)40-39-23(2)24(3)60-44(39)54-25(4)51-52-42(54)36(50-40)18-37(55)59-5/h6-17,21,36,48,53H,18,20H2,1-5H3,(H,49,56)/t36-/m0/s1. The minimum absolute atomic E-state index is 0.0492. The van der Waals surface area contributed by atoms with Crippen LogP contribution < -0.4 is 10.0 Å². The molecule has 0 fully saturated rings. The molecule has 61 heavy (non-hydrogen) atoms. The molecule has 0 bridgehead atoms. The van der Waals surface area contributed by atoms with Crippen molar-refractivity contribution in [3.8, 4) is 22.2 Å². The van der Waals surface area contributed by atoms with Crippen LogP contribution in [0.1, 0.15) is 72.7 Å². The number of ether oxygens (including phenoxy) is 1. The number of H-pyrrole nitrogens is 1. The van der Waals surface area contributed by atoms with E-state index in [1.807, 2.05) is 32.3 Å². The minimum atomic E-state index is -4.04. The number of amides is 1. The summed E-state index contributed by atoms with van der Waals surface area (Å²) in [6.07, 6.45) is 1.45. The number of halogens is 2. The smallest absolute Gasteiger partial charge is 0.308 e. The maximum atomic E-state index is 15.7. The molecular formula is C44H36F2N8O5S2. The third-order valence-corrected chi connectivity index (χ3v) is 13.3. The largest absolute Gasteiger partial charge is 0.469 e. The predicted molar refractivity (Wildman–Crippen MR) is 226 cm³/mol. The van der Waals surface area contributed by atoms with Gasteiger partial charge in [-0.2, -0.15) is 5.26 Å².